The van der Waals surface area contributed by atoms with E-state index in [-0.39, 0.29) is 5.97 Å². The predicted octanol–water partition coefficient (Wildman–Crippen LogP) is 4.86. The molecule has 0 amide bonds. The van der Waals surface area contributed by atoms with Crippen LogP contribution in [0.4, 0.5) is 0 Å². The Morgan fingerprint density at radius 2 is 2.11 bits per heavy atom. The van der Waals surface area contributed by atoms with Crippen LogP contribution in [-0.4, -0.2) is 12.6 Å². The number of hydrogen-bond acceptors (Lipinski definition) is 2. The Bertz CT molecular complexity index is 438. The molecule has 0 saturated heterocycles. The van der Waals surface area contributed by atoms with Crippen LogP contribution in [0.5, 0.6) is 0 Å². The number of benzene rings is 1. The summed E-state index contributed by atoms with van der Waals surface area (Å²) >= 11 is 5.83. The smallest absolute Gasteiger partial charge is 0.338 e. The lowest BCUT2D eigenvalue weighted by Gasteiger charge is -2.08. The molecule has 0 unspecified atom stereocenters. The number of carbonyl (C=O) groups is 1. The monoisotopic (exact) mass is 280 g/mol. The Balaban J connectivity index is 1.58. The van der Waals surface area contributed by atoms with Crippen LogP contribution in [0.1, 0.15) is 55.8 Å². The second-order valence-electron chi connectivity index (χ2n) is 5.77. The fourth-order valence-electron chi connectivity index (χ4n) is 2.16. The van der Waals surface area contributed by atoms with E-state index in [4.69, 9.17) is 16.3 Å². The zero-order chi connectivity index (χ0) is 13.7. The summed E-state index contributed by atoms with van der Waals surface area (Å²) < 4.78 is 5.23. The molecule has 1 fully saturated rings. The molecule has 0 heterocycles. The Labute approximate surface area is 120 Å². The van der Waals surface area contributed by atoms with Crippen molar-refractivity contribution in [2.24, 2.45) is 5.41 Å². The SMILES string of the molecule is CC1(CCCCCOC(=O)c2cccc(Cl)c2)CC1. The predicted molar refractivity (Wildman–Crippen MR) is 77.5 cm³/mol. The fraction of sp³-hybridized carbons (Fsp3) is 0.562. The summed E-state index contributed by atoms with van der Waals surface area (Å²) in [5.41, 5.74) is 1.16. The number of halogens is 1. The van der Waals surface area contributed by atoms with Gasteiger partial charge in [0.15, 0.2) is 0 Å². The average Bonchev–Trinajstić information content (AvgIpc) is 3.11. The van der Waals surface area contributed by atoms with E-state index < -0.39 is 0 Å². The van der Waals surface area contributed by atoms with Crippen LogP contribution in [0.15, 0.2) is 24.3 Å². The van der Waals surface area contributed by atoms with Gasteiger partial charge in [0, 0.05) is 5.02 Å². The van der Waals surface area contributed by atoms with Crippen molar-refractivity contribution >= 4 is 17.6 Å². The third-order valence-electron chi connectivity index (χ3n) is 3.82. The second kappa shape index (κ2) is 6.42. The molecule has 1 aliphatic rings. The maximum Gasteiger partial charge on any atom is 0.338 e. The molecule has 1 aromatic rings. The summed E-state index contributed by atoms with van der Waals surface area (Å²) in [5.74, 6) is -0.281. The van der Waals surface area contributed by atoms with E-state index in [1.807, 2.05) is 0 Å². The Morgan fingerprint density at radius 3 is 2.79 bits per heavy atom. The van der Waals surface area contributed by atoms with E-state index in [1.165, 1.54) is 25.7 Å². The van der Waals surface area contributed by atoms with E-state index in [1.54, 1.807) is 24.3 Å². The first kappa shape index (κ1) is 14.4. The third-order valence-corrected chi connectivity index (χ3v) is 4.06. The molecule has 0 radical (unpaired) electrons. The molecule has 1 aliphatic carbocycles. The lowest BCUT2D eigenvalue weighted by molar-refractivity contribution is 0.0497. The van der Waals surface area contributed by atoms with Gasteiger partial charge in [-0.15, -0.1) is 0 Å². The number of rotatable bonds is 7. The first-order chi connectivity index (χ1) is 9.09. The van der Waals surface area contributed by atoms with Crippen molar-refractivity contribution in [1.29, 1.82) is 0 Å². The van der Waals surface area contributed by atoms with Gasteiger partial charge in [-0.3, -0.25) is 0 Å². The maximum atomic E-state index is 11.7. The fourth-order valence-corrected chi connectivity index (χ4v) is 2.35. The first-order valence-corrected chi connectivity index (χ1v) is 7.40. The van der Waals surface area contributed by atoms with Crippen molar-refractivity contribution in [1.82, 2.24) is 0 Å². The van der Waals surface area contributed by atoms with Crippen LogP contribution < -0.4 is 0 Å². The van der Waals surface area contributed by atoms with Gasteiger partial charge >= 0.3 is 5.97 Å². The summed E-state index contributed by atoms with van der Waals surface area (Å²) in [4.78, 5) is 11.7. The molecule has 2 nitrogen and oxygen atoms in total. The highest BCUT2D eigenvalue weighted by Crippen LogP contribution is 2.49. The average molecular weight is 281 g/mol. The summed E-state index contributed by atoms with van der Waals surface area (Å²) in [6.07, 6.45) is 7.41. The second-order valence-corrected chi connectivity index (χ2v) is 6.20. The Morgan fingerprint density at radius 1 is 1.32 bits per heavy atom. The van der Waals surface area contributed by atoms with Crippen molar-refractivity contribution in [2.45, 2.75) is 45.4 Å². The van der Waals surface area contributed by atoms with E-state index >= 15 is 0 Å². The molecule has 1 aromatic carbocycles. The maximum absolute atomic E-state index is 11.7. The topological polar surface area (TPSA) is 26.3 Å². The van der Waals surface area contributed by atoms with Gasteiger partial charge in [-0.25, -0.2) is 4.79 Å². The van der Waals surface area contributed by atoms with Crippen molar-refractivity contribution in [3.8, 4) is 0 Å². The zero-order valence-electron chi connectivity index (χ0n) is 11.5. The molecule has 2 rings (SSSR count). The van der Waals surface area contributed by atoms with Crippen LogP contribution >= 0.6 is 11.6 Å². The molecular weight excluding hydrogens is 260 g/mol. The van der Waals surface area contributed by atoms with Gasteiger partial charge in [-0.05, 0) is 49.3 Å². The number of hydrogen-bond donors (Lipinski definition) is 0. The van der Waals surface area contributed by atoms with E-state index in [9.17, 15) is 4.79 Å². The standard InChI is InChI=1S/C16H21ClO2/c1-16(9-10-16)8-3-2-4-11-19-15(18)13-6-5-7-14(17)12-13/h5-7,12H,2-4,8-11H2,1H3. The summed E-state index contributed by atoms with van der Waals surface area (Å²) in [7, 11) is 0. The summed E-state index contributed by atoms with van der Waals surface area (Å²) in [6, 6.07) is 6.87. The summed E-state index contributed by atoms with van der Waals surface area (Å²) in [5, 5.41) is 0.562. The minimum Gasteiger partial charge on any atom is -0.462 e. The van der Waals surface area contributed by atoms with Gasteiger partial charge in [0.25, 0.3) is 0 Å². The molecule has 0 N–H and O–H groups in total. The van der Waals surface area contributed by atoms with E-state index in [2.05, 4.69) is 6.92 Å². The Hall–Kier alpha value is -1.02. The minimum absolute atomic E-state index is 0.281. The van der Waals surface area contributed by atoms with Gasteiger partial charge in [0.1, 0.15) is 0 Å². The van der Waals surface area contributed by atoms with Crippen LogP contribution in [0.2, 0.25) is 5.02 Å². The van der Waals surface area contributed by atoms with Crippen LogP contribution in [-0.2, 0) is 4.74 Å². The summed E-state index contributed by atoms with van der Waals surface area (Å²) in [6.45, 7) is 2.86. The van der Waals surface area contributed by atoms with Crippen molar-refractivity contribution in [2.75, 3.05) is 6.61 Å². The highest BCUT2D eigenvalue weighted by molar-refractivity contribution is 6.30. The molecule has 0 spiro atoms. The van der Waals surface area contributed by atoms with Crippen LogP contribution in [0.25, 0.3) is 0 Å². The third kappa shape index (κ3) is 4.87. The van der Waals surface area contributed by atoms with Gasteiger partial charge < -0.3 is 4.74 Å². The van der Waals surface area contributed by atoms with E-state index in [0.29, 0.717) is 22.6 Å². The minimum atomic E-state index is -0.281. The van der Waals surface area contributed by atoms with Crippen molar-refractivity contribution < 1.29 is 9.53 Å². The molecule has 3 heteroatoms. The highest BCUT2D eigenvalue weighted by atomic mass is 35.5. The molecule has 0 aromatic heterocycles. The molecule has 1 saturated carbocycles. The van der Waals surface area contributed by atoms with Gasteiger partial charge in [0.05, 0.1) is 12.2 Å². The van der Waals surface area contributed by atoms with Gasteiger partial charge in [-0.1, -0.05) is 37.4 Å². The van der Waals surface area contributed by atoms with Crippen LogP contribution in [0, 0.1) is 5.41 Å². The largest absolute Gasteiger partial charge is 0.462 e. The lowest BCUT2D eigenvalue weighted by Crippen LogP contribution is -2.06. The number of ether oxygens (including phenoxy) is 1. The lowest BCUT2D eigenvalue weighted by atomic mass is 10.0. The van der Waals surface area contributed by atoms with Gasteiger partial charge in [-0.2, -0.15) is 0 Å². The Kier molecular flexibility index (Phi) is 4.87. The van der Waals surface area contributed by atoms with Crippen LogP contribution in [0.3, 0.4) is 0 Å². The van der Waals surface area contributed by atoms with Crippen molar-refractivity contribution in [3.05, 3.63) is 34.9 Å². The number of carbonyl (C=O) groups excluding carboxylic acids is 1. The number of unbranched alkanes of at least 4 members (excludes halogenated alkanes) is 2. The molecule has 19 heavy (non-hydrogen) atoms. The quantitative estimate of drug-likeness (QED) is 0.527. The molecule has 0 aliphatic heterocycles. The molecule has 104 valence electrons. The number of esters is 1. The van der Waals surface area contributed by atoms with E-state index in [0.717, 1.165) is 12.8 Å². The zero-order valence-corrected chi connectivity index (χ0v) is 12.2. The highest BCUT2D eigenvalue weighted by Gasteiger charge is 2.35. The van der Waals surface area contributed by atoms with Crippen molar-refractivity contribution in [3.63, 3.8) is 0 Å². The molecular formula is C16H21ClO2. The first-order valence-electron chi connectivity index (χ1n) is 7.02. The van der Waals surface area contributed by atoms with Gasteiger partial charge in [0.2, 0.25) is 0 Å². The molecule has 0 atom stereocenters. The molecule has 0 bridgehead atoms. The normalized spacial score (nSPS) is 16.1.